The van der Waals surface area contributed by atoms with Crippen molar-refractivity contribution in [3.63, 3.8) is 0 Å². The van der Waals surface area contributed by atoms with E-state index in [9.17, 15) is 18.8 Å². The van der Waals surface area contributed by atoms with Gasteiger partial charge < -0.3 is 21.5 Å². The van der Waals surface area contributed by atoms with E-state index in [-0.39, 0.29) is 22.3 Å². The summed E-state index contributed by atoms with van der Waals surface area (Å²) in [6.07, 6.45) is 4.74. The summed E-state index contributed by atoms with van der Waals surface area (Å²) in [5.74, 6) is -2.13. The Balaban J connectivity index is 1.90. The number of hydrogen-bond acceptors (Lipinski definition) is 7. The van der Waals surface area contributed by atoms with Crippen molar-refractivity contribution in [2.75, 3.05) is 17.7 Å². The monoisotopic (exact) mass is 539 g/mol. The Kier molecular flexibility index (Phi) is 8.26. The van der Waals surface area contributed by atoms with Gasteiger partial charge in [-0.15, -0.1) is 0 Å². The van der Waals surface area contributed by atoms with Gasteiger partial charge in [0.2, 0.25) is 5.91 Å². The Labute approximate surface area is 224 Å². The van der Waals surface area contributed by atoms with Crippen LogP contribution in [0, 0.1) is 12.7 Å². The summed E-state index contributed by atoms with van der Waals surface area (Å²) in [6, 6.07) is 9.36. The first kappa shape index (κ1) is 27.1. The van der Waals surface area contributed by atoms with E-state index < -0.39 is 29.6 Å². The number of nitrogens with one attached hydrogen (secondary N) is 1. The molecule has 0 bridgehead atoms. The first-order chi connectivity index (χ1) is 18.2. The van der Waals surface area contributed by atoms with Gasteiger partial charge in [0.05, 0.1) is 18.5 Å². The van der Waals surface area contributed by atoms with Crippen LogP contribution in [0.5, 0.6) is 5.75 Å². The van der Waals surface area contributed by atoms with Gasteiger partial charge in [-0.1, -0.05) is 37.5 Å². The molecule has 0 saturated heterocycles. The Hall–Kier alpha value is -3.99. The molecule has 3 amide bonds. The van der Waals surface area contributed by atoms with Gasteiger partial charge in [0.15, 0.2) is 5.69 Å². The molecular formula is C27H30FN5O4S. The number of aromatic nitrogens is 1. The first-order valence-corrected chi connectivity index (χ1v) is 13.1. The Morgan fingerprint density at radius 3 is 2.42 bits per heavy atom. The number of carbonyl (C=O) groups excluding carboxylic acids is 3. The van der Waals surface area contributed by atoms with Gasteiger partial charge in [0, 0.05) is 6.04 Å². The topological polar surface area (TPSA) is 141 Å². The molecule has 0 radical (unpaired) electrons. The predicted molar refractivity (Wildman–Crippen MR) is 144 cm³/mol. The van der Waals surface area contributed by atoms with Crippen LogP contribution in [0.2, 0.25) is 0 Å². The van der Waals surface area contributed by atoms with Gasteiger partial charge >= 0.3 is 0 Å². The van der Waals surface area contributed by atoms with Crippen LogP contribution in [0.1, 0.15) is 69.4 Å². The number of rotatable bonds is 8. The summed E-state index contributed by atoms with van der Waals surface area (Å²) in [4.78, 5) is 41.2. The third-order valence-corrected chi connectivity index (χ3v) is 7.46. The van der Waals surface area contributed by atoms with Gasteiger partial charge in [-0.05, 0) is 66.7 Å². The van der Waals surface area contributed by atoms with Crippen LogP contribution in [0.15, 0.2) is 42.5 Å². The summed E-state index contributed by atoms with van der Waals surface area (Å²) >= 11 is 0.716. The van der Waals surface area contributed by atoms with Crippen LogP contribution in [0.4, 0.5) is 15.8 Å². The van der Waals surface area contributed by atoms with E-state index in [1.807, 2.05) is 13.0 Å². The van der Waals surface area contributed by atoms with Gasteiger partial charge in [-0.3, -0.25) is 19.3 Å². The zero-order chi connectivity index (χ0) is 27.4. The van der Waals surface area contributed by atoms with Crippen LogP contribution in [0.3, 0.4) is 0 Å². The van der Waals surface area contributed by atoms with E-state index in [0.717, 1.165) is 37.7 Å². The number of nitrogens with two attached hydrogens (primary N) is 2. The maximum Gasteiger partial charge on any atom is 0.273 e. The average molecular weight is 540 g/mol. The minimum Gasteiger partial charge on any atom is -0.495 e. The van der Waals surface area contributed by atoms with Crippen molar-refractivity contribution in [3.05, 3.63) is 70.0 Å². The third-order valence-electron chi connectivity index (χ3n) is 6.61. The maximum atomic E-state index is 14.2. The second-order valence-corrected chi connectivity index (χ2v) is 10.1. The molecule has 1 aliphatic carbocycles. The molecule has 9 nitrogen and oxygen atoms in total. The molecule has 1 heterocycles. The van der Waals surface area contributed by atoms with Crippen molar-refractivity contribution in [1.29, 1.82) is 0 Å². The molecule has 5 N–H and O–H groups in total. The number of benzene rings is 2. The van der Waals surface area contributed by atoms with Crippen molar-refractivity contribution in [3.8, 4) is 5.75 Å². The quantitative estimate of drug-likeness (QED) is 0.393. The Bertz CT molecular complexity index is 1340. The number of aryl methyl sites for hydroxylation is 1. The van der Waals surface area contributed by atoms with Gasteiger partial charge in [0.25, 0.3) is 11.8 Å². The molecule has 1 saturated carbocycles. The number of carbonyl (C=O) groups is 3. The molecule has 0 spiro atoms. The lowest BCUT2D eigenvalue weighted by atomic mass is 9.94. The van der Waals surface area contributed by atoms with Gasteiger partial charge in [-0.25, -0.2) is 4.39 Å². The minimum atomic E-state index is -1.21. The largest absolute Gasteiger partial charge is 0.495 e. The maximum absolute atomic E-state index is 14.2. The number of amides is 3. The molecule has 1 fully saturated rings. The average Bonchev–Trinajstić information content (AvgIpc) is 3.29. The second kappa shape index (κ2) is 11.6. The summed E-state index contributed by atoms with van der Waals surface area (Å²) in [5.41, 5.74) is 12.6. The number of hydrogen-bond donors (Lipinski definition) is 3. The van der Waals surface area contributed by atoms with Crippen molar-refractivity contribution in [1.82, 2.24) is 9.69 Å². The molecule has 11 heteroatoms. The fraction of sp³-hybridized carbons (Fsp3) is 0.333. The smallest absolute Gasteiger partial charge is 0.273 e. The van der Waals surface area contributed by atoms with E-state index >= 15 is 0 Å². The highest BCUT2D eigenvalue weighted by atomic mass is 32.1. The van der Waals surface area contributed by atoms with Crippen LogP contribution in [-0.2, 0) is 4.79 Å². The Morgan fingerprint density at radius 1 is 1.13 bits per heavy atom. The lowest BCUT2D eigenvalue weighted by molar-refractivity contribution is -0.123. The molecule has 0 aliphatic heterocycles. The molecule has 200 valence electrons. The van der Waals surface area contributed by atoms with Crippen molar-refractivity contribution < 1.29 is 23.5 Å². The second-order valence-electron chi connectivity index (χ2n) is 9.29. The molecule has 1 aliphatic rings. The summed E-state index contributed by atoms with van der Waals surface area (Å²) in [7, 11) is 1.46. The highest BCUT2D eigenvalue weighted by Crippen LogP contribution is 2.39. The molecule has 2 aromatic carbocycles. The van der Waals surface area contributed by atoms with Gasteiger partial charge in [-0.2, -0.15) is 4.37 Å². The summed E-state index contributed by atoms with van der Waals surface area (Å²) in [5, 5.41) is 3.09. The van der Waals surface area contributed by atoms with Crippen molar-refractivity contribution in [2.45, 2.75) is 51.1 Å². The van der Waals surface area contributed by atoms with E-state index in [1.165, 1.54) is 36.3 Å². The van der Waals surface area contributed by atoms with Crippen LogP contribution in [-0.4, -0.2) is 35.2 Å². The lowest BCUT2D eigenvalue weighted by Crippen LogP contribution is -2.47. The number of halogens is 1. The first-order valence-electron chi connectivity index (χ1n) is 12.3. The van der Waals surface area contributed by atoms with E-state index in [2.05, 4.69) is 9.69 Å². The van der Waals surface area contributed by atoms with Crippen LogP contribution in [0.25, 0.3) is 0 Å². The number of nitrogens with zero attached hydrogens (tertiary/aromatic N) is 2. The molecular weight excluding hydrogens is 509 g/mol. The fourth-order valence-corrected chi connectivity index (χ4v) is 5.42. The molecule has 0 unspecified atom stereocenters. The SMILES string of the molecule is COc1ccc(C)cc1N(C(=O)c1snc(C(N)=O)c1N)[C@@H](C(=O)NC1CCCCC1)c1ccc(F)cc1. The third kappa shape index (κ3) is 5.62. The normalized spacial score (nSPS) is 14.5. The van der Waals surface area contributed by atoms with Crippen molar-refractivity contribution >= 4 is 40.6 Å². The highest BCUT2D eigenvalue weighted by Gasteiger charge is 2.38. The number of nitrogen functional groups attached to an aromatic ring is 1. The summed E-state index contributed by atoms with van der Waals surface area (Å²) < 4.78 is 23.4. The van der Waals surface area contributed by atoms with Gasteiger partial charge in [0.1, 0.15) is 22.5 Å². The number of primary amides is 1. The van der Waals surface area contributed by atoms with Crippen molar-refractivity contribution in [2.24, 2.45) is 5.73 Å². The number of methoxy groups -OCH3 is 1. The molecule has 1 aromatic heterocycles. The molecule has 3 aromatic rings. The summed E-state index contributed by atoms with van der Waals surface area (Å²) in [6.45, 7) is 1.84. The predicted octanol–water partition coefficient (Wildman–Crippen LogP) is 4.12. The standard InChI is InChI=1S/C27H30FN5O4S/c1-15-8-13-20(37-2)19(14-15)33(27(36)24-21(29)22(25(30)34)32-38-24)23(16-9-11-17(28)12-10-16)26(35)31-18-6-4-3-5-7-18/h8-14,18,23H,3-7,29H2,1-2H3,(H2,30,34)(H,31,35)/t23-/m1/s1. The number of ether oxygens (including phenoxy) is 1. The minimum absolute atomic E-state index is 0.0505. The molecule has 4 rings (SSSR count). The highest BCUT2D eigenvalue weighted by molar-refractivity contribution is 7.09. The van der Waals surface area contributed by atoms with E-state index in [1.54, 1.807) is 12.1 Å². The molecule has 38 heavy (non-hydrogen) atoms. The molecule has 1 atom stereocenters. The fourth-order valence-electron chi connectivity index (χ4n) is 4.68. The van der Waals surface area contributed by atoms with Crippen LogP contribution < -0.4 is 26.4 Å². The van der Waals surface area contributed by atoms with Crippen LogP contribution >= 0.6 is 11.5 Å². The Morgan fingerprint density at radius 2 is 1.82 bits per heavy atom. The zero-order valence-electron chi connectivity index (χ0n) is 21.2. The van der Waals surface area contributed by atoms with E-state index in [4.69, 9.17) is 16.2 Å². The zero-order valence-corrected chi connectivity index (χ0v) is 22.0. The van der Waals surface area contributed by atoms with E-state index in [0.29, 0.717) is 28.5 Å². The lowest BCUT2D eigenvalue weighted by Gasteiger charge is -2.34. The number of anilines is 2.